The summed E-state index contributed by atoms with van der Waals surface area (Å²) in [4.78, 5) is 1.37. The van der Waals surface area contributed by atoms with Crippen molar-refractivity contribution in [3.8, 4) is 0 Å². The average molecular weight is 265 g/mol. The molecule has 0 spiro atoms. The summed E-state index contributed by atoms with van der Waals surface area (Å²) in [5.74, 6) is 0.619. The van der Waals surface area contributed by atoms with Gasteiger partial charge in [0.05, 0.1) is 0 Å². The normalized spacial score (nSPS) is 15.1. The molecule has 0 heterocycles. The maximum Gasteiger partial charge on any atom is 0.00747 e. The average Bonchev–Trinajstić information content (AvgIpc) is 2.29. The first-order valence-corrected chi connectivity index (χ1v) is 7.70. The molecule has 102 valence electrons. The van der Waals surface area contributed by atoms with E-state index in [0.29, 0.717) is 11.2 Å². The van der Waals surface area contributed by atoms with Crippen LogP contribution in [0.5, 0.6) is 0 Å². The van der Waals surface area contributed by atoms with Crippen LogP contribution < -0.4 is 5.32 Å². The van der Waals surface area contributed by atoms with E-state index in [0.717, 1.165) is 6.54 Å². The molecule has 1 nitrogen and oxygen atoms in total. The summed E-state index contributed by atoms with van der Waals surface area (Å²) in [6.45, 7) is 12.4. The number of benzene rings is 1. The van der Waals surface area contributed by atoms with Crippen molar-refractivity contribution >= 4 is 11.8 Å². The minimum Gasteiger partial charge on any atom is -0.319 e. The van der Waals surface area contributed by atoms with Gasteiger partial charge in [-0.05, 0) is 30.7 Å². The maximum atomic E-state index is 3.33. The van der Waals surface area contributed by atoms with Crippen molar-refractivity contribution in [2.75, 3.05) is 13.6 Å². The fourth-order valence-corrected chi connectivity index (χ4v) is 3.03. The van der Waals surface area contributed by atoms with Gasteiger partial charge in [0.25, 0.3) is 0 Å². The third-order valence-corrected chi connectivity index (χ3v) is 4.72. The van der Waals surface area contributed by atoms with Gasteiger partial charge in [0, 0.05) is 22.1 Å². The Hall–Kier alpha value is -0.470. The molecule has 0 bridgehead atoms. The first-order valence-electron chi connectivity index (χ1n) is 6.82. The van der Waals surface area contributed by atoms with Crippen LogP contribution in [0.25, 0.3) is 0 Å². The van der Waals surface area contributed by atoms with Crippen LogP contribution in [0, 0.1) is 5.92 Å². The fraction of sp³-hybridized carbons (Fsp3) is 0.625. The van der Waals surface area contributed by atoms with Gasteiger partial charge in [-0.3, -0.25) is 0 Å². The van der Waals surface area contributed by atoms with Gasteiger partial charge in [-0.1, -0.05) is 46.8 Å². The second-order valence-electron chi connectivity index (χ2n) is 5.79. The number of rotatable bonds is 6. The number of likely N-dealkylation sites (N-methyl/N-ethyl adjacent to an activating group) is 1. The number of hydrogen-bond donors (Lipinski definition) is 1. The van der Waals surface area contributed by atoms with E-state index in [1.165, 1.54) is 10.5 Å². The molecule has 18 heavy (non-hydrogen) atoms. The Labute approximate surface area is 117 Å². The van der Waals surface area contributed by atoms with Gasteiger partial charge in [0.15, 0.2) is 0 Å². The molecule has 1 rings (SSSR count). The summed E-state index contributed by atoms with van der Waals surface area (Å²) in [6, 6.07) is 9.11. The van der Waals surface area contributed by atoms with Crippen LogP contribution in [0.15, 0.2) is 29.2 Å². The van der Waals surface area contributed by atoms with Gasteiger partial charge < -0.3 is 5.32 Å². The Balaban J connectivity index is 2.94. The van der Waals surface area contributed by atoms with Crippen LogP contribution in [-0.2, 0) is 5.41 Å². The predicted molar refractivity (Wildman–Crippen MR) is 83.6 cm³/mol. The van der Waals surface area contributed by atoms with E-state index in [2.05, 4.69) is 64.2 Å². The highest BCUT2D eigenvalue weighted by Gasteiger charge is 2.29. The standard InChI is InChI=1S/C16H27NS/c1-12(2)16(5,11-17-6)14-7-9-15(10-8-14)18-13(3)4/h7-10,12-13,17H,11H2,1-6H3. The Morgan fingerprint density at radius 1 is 1.11 bits per heavy atom. The van der Waals surface area contributed by atoms with Crippen LogP contribution in [0.3, 0.4) is 0 Å². The van der Waals surface area contributed by atoms with Gasteiger partial charge in [-0.2, -0.15) is 0 Å². The van der Waals surface area contributed by atoms with Crippen LogP contribution in [0.4, 0.5) is 0 Å². The number of nitrogens with one attached hydrogen (secondary N) is 1. The lowest BCUT2D eigenvalue weighted by atomic mass is 9.73. The van der Waals surface area contributed by atoms with Crippen molar-refractivity contribution in [2.45, 2.75) is 50.2 Å². The Kier molecular flexibility index (Phi) is 5.74. The second kappa shape index (κ2) is 6.63. The third kappa shape index (κ3) is 3.76. The van der Waals surface area contributed by atoms with Crippen LogP contribution in [0.1, 0.15) is 40.2 Å². The highest BCUT2D eigenvalue weighted by Crippen LogP contribution is 2.33. The lowest BCUT2D eigenvalue weighted by molar-refractivity contribution is 0.327. The minimum absolute atomic E-state index is 0.204. The van der Waals surface area contributed by atoms with E-state index in [1.54, 1.807) is 0 Å². The summed E-state index contributed by atoms with van der Waals surface area (Å²) in [6.07, 6.45) is 0. The van der Waals surface area contributed by atoms with Crippen LogP contribution >= 0.6 is 11.8 Å². The molecule has 0 aliphatic rings. The first kappa shape index (κ1) is 15.6. The zero-order valence-electron chi connectivity index (χ0n) is 12.6. The molecule has 0 aromatic heterocycles. The molecular formula is C16H27NS. The smallest absolute Gasteiger partial charge is 0.00747 e. The van der Waals surface area contributed by atoms with E-state index in [4.69, 9.17) is 0 Å². The molecule has 2 heteroatoms. The molecule has 0 radical (unpaired) electrons. The lowest BCUT2D eigenvalue weighted by Gasteiger charge is -2.34. The quantitative estimate of drug-likeness (QED) is 0.769. The van der Waals surface area contributed by atoms with Crippen LogP contribution in [0.2, 0.25) is 0 Å². The lowest BCUT2D eigenvalue weighted by Crippen LogP contribution is -2.38. The van der Waals surface area contributed by atoms with Crippen molar-refractivity contribution < 1.29 is 0 Å². The van der Waals surface area contributed by atoms with E-state index in [1.807, 2.05) is 18.8 Å². The molecule has 0 amide bonds. The SMILES string of the molecule is CNCC(C)(c1ccc(SC(C)C)cc1)C(C)C. The molecule has 0 aliphatic carbocycles. The highest BCUT2D eigenvalue weighted by molar-refractivity contribution is 7.99. The van der Waals surface area contributed by atoms with Crippen molar-refractivity contribution in [3.05, 3.63) is 29.8 Å². The minimum atomic E-state index is 0.204. The van der Waals surface area contributed by atoms with E-state index in [-0.39, 0.29) is 5.41 Å². The van der Waals surface area contributed by atoms with Crippen molar-refractivity contribution in [2.24, 2.45) is 5.92 Å². The van der Waals surface area contributed by atoms with Gasteiger partial charge in [-0.15, -0.1) is 11.8 Å². The molecule has 0 fully saturated rings. The molecule has 0 aliphatic heterocycles. The van der Waals surface area contributed by atoms with Crippen LogP contribution in [-0.4, -0.2) is 18.8 Å². The summed E-state index contributed by atoms with van der Waals surface area (Å²) < 4.78 is 0. The Morgan fingerprint density at radius 3 is 2.06 bits per heavy atom. The predicted octanol–water partition coefficient (Wildman–Crippen LogP) is 4.32. The van der Waals surface area contributed by atoms with E-state index >= 15 is 0 Å². The number of hydrogen-bond acceptors (Lipinski definition) is 2. The largest absolute Gasteiger partial charge is 0.319 e. The summed E-state index contributed by atoms with van der Waals surface area (Å²) in [7, 11) is 2.03. The summed E-state index contributed by atoms with van der Waals surface area (Å²) >= 11 is 1.92. The zero-order chi connectivity index (χ0) is 13.8. The van der Waals surface area contributed by atoms with Gasteiger partial charge in [0.2, 0.25) is 0 Å². The summed E-state index contributed by atoms with van der Waals surface area (Å²) in [5.41, 5.74) is 1.63. The van der Waals surface area contributed by atoms with Crippen molar-refractivity contribution in [1.29, 1.82) is 0 Å². The van der Waals surface area contributed by atoms with Gasteiger partial charge >= 0.3 is 0 Å². The van der Waals surface area contributed by atoms with E-state index in [9.17, 15) is 0 Å². The first-order chi connectivity index (χ1) is 8.40. The number of thioether (sulfide) groups is 1. The van der Waals surface area contributed by atoms with E-state index < -0.39 is 0 Å². The second-order valence-corrected chi connectivity index (χ2v) is 7.44. The van der Waals surface area contributed by atoms with Gasteiger partial charge in [0.1, 0.15) is 0 Å². The molecular weight excluding hydrogens is 238 g/mol. The molecule has 0 saturated carbocycles. The maximum absolute atomic E-state index is 3.33. The third-order valence-electron chi connectivity index (χ3n) is 3.70. The fourth-order valence-electron chi connectivity index (χ4n) is 2.19. The van der Waals surface area contributed by atoms with Crippen molar-refractivity contribution in [3.63, 3.8) is 0 Å². The Morgan fingerprint density at radius 2 is 1.67 bits per heavy atom. The molecule has 1 atom stereocenters. The zero-order valence-corrected chi connectivity index (χ0v) is 13.4. The Bertz CT molecular complexity index is 356. The summed E-state index contributed by atoms with van der Waals surface area (Å²) in [5, 5.41) is 3.97. The molecule has 1 aromatic carbocycles. The molecule has 0 saturated heterocycles. The molecule has 1 N–H and O–H groups in total. The van der Waals surface area contributed by atoms with Gasteiger partial charge in [-0.25, -0.2) is 0 Å². The monoisotopic (exact) mass is 265 g/mol. The highest BCUT2D eigenvalue weighted by atomic mass is 32.2. The van der Waals surface area contributed by atoms with Crippen molar-refractivity contribution in [1.82, 2.24) is 5.32 Å². The molecule has 1 unspecified atom stereocenters. The topological polar surface area (TPSA) is 12.0 Å². The molecule has 1 aromatic rings.